The molecule has 0 aliphatic heterocycles. The van der Waals surface area contributed by atoms with Crippen LogP contribution in [0.15, 0.2) is 24.3 Å². The fraction of sp³-hybridized carbons (Fsp3) is 0.333. The Balaban J connectivity index is 2.70. The first-order chi connectivity index (χ1) is 6.01. The Bertz CT molecular complexity index is 264. The van der Waals surface area contributed by atoms with E-state index in [1.807, 2.05) is 0 Å². The van der Waals surface area contributed by atoms with Gasteiger partial charge in [0.25, 0.3) is 0 Å². The lowest BCUT2D eigenvalue weighted by molar-refractivity contribution is -0.158. The van der Waals surface area contributed by atoms with Crippen LogP contribution in [0.1, 0.15) is 12.5 Å². The van der Waals surface area contributed by atoms with E-state index >= 15 is 0 Å². The first kappa shape index (κ1) is 9.92. The molecule has 0 aromatic heterocycles. The molecule has 0 bridgehead atoms. The summed E-state index contributed by atoms with van der Waals surface area (Å²) in [7, 11) is 0. The van der Waals surface area contributed by atoms with Crippen molar-refractivity contribution in [2.45, 2.75) is 19.6 Å². The van der Waals surface area contributed by atoms with Crippen LogP contribution in [0, 0.1) is 0 Å². The maximum atomic E-state index is 12.3. The third kappa shape index (κ3) is 3.38. The molecule has 0 unspecified atom stereocenters. The number of benzene rings is 1. The first-order valence-corrected chi connectivity index (χ1v) is 3.78. The van der Waals surface area contributed by atoms with Crippen molar-refractivity contribution in [1.82, 2.24) is 0 Å². The highest BCUT2D eigenvalue weighted by Gasteiger charge is 2.22. The van der Waals surface area contributed by atoms with E-state index in [9.17, 15) is 8.78 Å². The summed E-state index contributed by atoms with van der Waals surface area (Å²) in [6.07, 6.45) is -3.17. The molecular formula is C9H10F2O2. The van der Waals surface area contributed by atoms with Gasteiger partial charge in [0.2, 0.25) is 0 Å². The van der Waals surface area contributed by atoms with Crippen molar-refractivity contribution in [3.05, 3.63) is 29.8 Å². The molecule has 0 aliphatic carbocycles. The monoisotopic (exact) mass is 188 g/mol. The zero-order valence-electron chi connectivity index (χ0n) is 7.13. The summed E-state index contributed by atoms with van der Waals surface area (Å²) in [6, 6.07) is 5.84. The van der Waals surface area contributed by atoms with Gasteiger partial charge in [-0.3, -0.25) is 0 Å². The summed E-state index contributed by atoms with van der Waals surface area (Å²) in [4.78, 5) is 0. The van der Waals surface area contributed by atoms with Gasteiger partial charge in [-0.2, -0.15) is 8.78 Å². The topological polar surface area (TPSA) is 29.5 Å². The van der Waals surface area contributed by atoms with E-state index in [2.05, 4.69) is 4.74 Å². The van der Waals surface area contributed by atoms with Crippen LogP contribution in [0.25, 0.3) is 0 Å². The minimum Gasteiger partial charge on any atom is -0.433 e. The van der Waals surface area contributed by atoms with E-state index in [4.69, 9.17) is 5.11 Å². The Morgan fingerprint density at radius 1 is 1.31 bits per heavy atom. The van der Waals surface area contributed by atoms with E-state index in [0.29, 0.717) is 12.5 Å². The lowest BCUT2D eigenvalue weighted by Gasteiger charge is -2.12. The zero-order chi connectivity index (χ0) is 9.90. The van der Waals surface area contributed by atoms with Gasteiger partial charge in [-0.25, -0.2) is 0 Å². The number of hydrogen-bond donors (Lipinski definition) is 1. The summed E-state index contributed by atoms with van der Waals surface area (Å²) < 4.78 is 28.9. The Morgan fingerprint density at radius 2 is 1.85 bits per heavy atom. The molecule has 1 aromatic carbocycles. The Hall–Kier alpha value is -1.16. The van der Waals surface area contributed by atoms with Gasteiger partial charge in [0.05, 0.1) is 6.61 Å². The Labute approximate surface area is 74.8 Å². The van der Waals surface area contributed by atoms with Gasteiger partial charge in [-0.15, -0.1) is 0 Å². The number of alkyl halides is 2. The Kier molecular flexibility index (Phi) is 2.83. The van der Waals surface area contributed by atoms with E-state index in [-0.39, 0.29) is 12.4 Å². The molecule has 0 saturated carbocycles. The molecule has 0 radical (unpaired) electrons. The van der Waals surface area contributed by atoms with Crippen LogP contribution in [0.4, 0.5) is 8.78 Å². The largest absolute Gasteiger partial charge is 0.433 e. The smallest absolute Gasteiger partial charge is 0.394 e. The van der Waals surface area contributed by atoms with Crippen LogP contribution in [0.3, 0.4) is 0 Å². The predicted molar refractivity (Wildman–Crippen MR) is 43.6 cm³/mol. The molecule has 0 heterocycles. The second kappa shape index (κ2) is 3.70. The number of aliphatic hydroxyl groups excluding tert-OH is 1. The van der Waals surface area contributed by atoms with Crippen LogP contribution >= 0.6 is 0 Å². The molecule has 4 heteroatoms. The second-order valence-electron chi connectivity index (χ2n) is 2.71. The van der Waals surface area contributed by atoms with Crippen molar-refractivity contribution in [1.29, 1.82) is 0 Å². The molecule has 0 aliphatic rings. The maximum absolute atomic E-state index is 12.3. The van der Waals surface area contributed by atoms with Crippen LogP contribution in [-0.2, 0) is 6.61 Å². The molecule has 1 N–H and O–H groups in total. The van der Waals surface area contributed by atoms with Crippen molar-refractivity contribution < 1.29 is 18.6 Å². The van der Waals surface area contributed by atoms with Crippen LogP contribution in [0.5, 0.6) is 5.75 Å². The minimum absolute atomic E-state index is 0.0877. The second-order valence-corrected chi connectivity index (χ2v) is 2.71. The van der Waals surface area contributed by atoms with Crippen LogP contribution in [-0.4, -0.2) is 11.2 Å². The maximum Gasteiger partial charge on any atom is 0.394 e. The molecule has 0 spiro atoms. The first-order valence-electron chi connectivity index (χ1n) is 3.78. The van der Waals surface area contributed by atoms with Gasteiger partial charge in [0, 0.05) is 6.92 Å². The van der Waals surface area contributed by atoms with Crippen molar-refractivity contribution in [2.75, 3.05) is 0 Å². The summed E-state index contributed by atoms with van der Waals surface area (Å²) in [5, 5.41) is 8.67. The van der Waals surface area contributed by atoms with Gasteiger partial charge >= 0.3 is 6.11 Å². The summed E-state index contributed by atoms with van der Waals surface area (Å²) >= 11 is 0. The van der Waals surface area contributed by atoms with Crippen molar-refractivity contribution in [3.63, 3.8) is 0 Å². The number of ether oxygens (including phenoxy) is 1. The minimum atomic E-state index is -3.17. The van der Waals surface area contributed by atoms with Crippen molar-refractivity contribution in [2.24, 2.45) is 0 Å². The number of hydrogen-bond acceptors (Lipinski definition) is 2. The zero-order valence-corrected chi connectivity index (χ0v) is 7.13. The Morgan fingerprint density at radius 3 is 2.23 bits per heavy atom. The lowest BCUT2D eigenvalue weighted by atomic mass is 10.2. The highest BCUT2D eigenvalue weighted by atomic mass is 19.3. The van der Waals surface area contributed by atoms with Crippen molar-refractivity contribution in [3.8, 4) is 5.75 Å². The molecule has 0 fully saturated rings. The number of aliphatic hydroxyl groups is 1. The third-order valence-corrected chi connectivity index (χ3v) is 1.40. The molecule has 1 aromatic rings. The average molecular weight is 188 g/mol. The van der Waals surface area contributed by atoms with Gasteiger partial charge in [-0.05, 0) is 17.7 Å². The molecule has 13 heavy (non-hydrogen) atoms. The van der Waals surface area contributed by atoms with Crippen LogP contribution in [0.2, 0.25) is 0 Å². The fourth-order valence-electron chi connectivity index (χ4n) is 0.870. The molecule has 2 nitrogen and oxygen atoms in total. The highest BCUT2D eigenvalue weighted by Crippen LogP contribution is 2.20. The van der Waals surface area contributed by atoms with Gasteiger partial charge < -0.3 is 9.84 Å². The van der Waals surface area contributed by atoms with E-state index < -0.39 is 6.11 Å². The number of halogens is 2. The molecule has 0 atom stereocenters. The normalized spacial score (nSPS) is 11.4. The van der Waals surface area contributed by atoms with E-state index in [1.165, 1.54) is 24.3 Å². The van der Waals surface area contributed by atoms with E-state index in [0.717, 1.165) is 0 Å². The van der Waals surface area contributed by atoms with Gasteiger partial charge in [0.1, 0.15) is 5.75 Å². The average Bonchev–Trinajstić information content (AvgIpc) is 2.03. The molecule has 0 amide bonds. The standard InChI is InChI=1S/C9H10F2O2/c1-9(10,11)13-8-4-2-7(6-12)3-5-8/h2-5,12H,6H2,1H3. The molecule has 0 saturated heterocycles. The third-order valence-electron chi connectivity index (χ3n) is 1.40. The van der Waals surface area contributed by atoms with Gasteiger partial charge in [-0.1, -0.05) is 12.1 Å². The summed E-state index contributed by atoms with van der Waals surface area (Å²) in [5.41, 5.74) is 0.659. The summed E-state index contributed by atoms with van der Waals surface area (Å²) in [5.74, 6) is 0.0877. The lowest BCUT2D eigenvalue weighted by Crippen LogP contribution is -2.18. The van der Waals surface area contributed by atoms with Crippen LogP contribution < -0.4 is 4.74 Å². The number of rotatable bonds is 3. The SMILES string of the molecule is CC(F)(F)Oc1ccc(CO)cc1. The summed E-state index contributed by atoms with van der Waals surface area (Å²) in [6.45, 7) is 0.565. The van der Waals surface area contributed by atoms with Crippen molar-refractivity contribution >= 4 is 0 Å². The fourth-order valence-corrected chi connectivity index (χ4v) is 0.870. The quantitative estimate of drug-likeness (QED) is 0.787. The van der Waals surface area contributed by atoms with Gasteiger partial charge in [0.15, 0.2) is 0 Å². The highest BCUT2D eigenvalue weighted by molar-refractivity contribution is 5.26. The molecule has 72 valence electrons. The predicted octanol–water partition coefficient (Wildman–Crippen LogP) is 2.17. The molecule has 1 rings (SSSR count). The van der Waals surface area contributed by atoms with E-state index in [1.54, 1.807) is 0 Å². The molecular weight excluding hydrogens is 178 g/mol.